The molecule has 246 valence electrons. The zero-order chi connectivity index (χ0) is 32.6. The van der Waals surface area contributed by atoms with E-state index in [1.54, 1.807) is 32.0 Å². The number of aliphatic imine (C=N–C) groups is 1. The molecule has 10 nitrogen and oxygen atoms in total. The molecule has 46 heavy (non-hydrogen) atoms. The second-order valence-corrected chi connectivity index (χ2v) is 14.6. The normalized spacial score (nSPS) is 22.1. The van der Waals surface area contributed by atoms with Crippen molar-refractivity contribution in [3.05, 3.63) is 64.9 Å². The van der Waals surface area contributed by atoms with Crippen molar-refractivity contribution in [2.24, 2.45) is 16.8 Å². The average molecular weight is 649 g/mol. The van der Waals surface area contributed by atoms with E-state index in [1.807, 2.05) is 36.1 Å². The zero-order valence-corrected chi connectivity index (χ0v) is 28.2. The predicted molar refractivity (Wildman–Crippen MR) is 176 cm³/mol. The SMILES string of the molecule is CCCCC1=NC2(C[C@H]3C[C@H]3C2)C(=O)N1Cc1ccc(-c2ccccc2S(=O)(=O)N(COC)c2noc(C)c2C)c(COCC)c1. The van der Waals surface area contributed by atoms with E-state index in [2.05, 4.69) is 12.1 Å². The highest BCUT2D eigenvalue weighted by Crippen LogP contribution is 2.59. The molecule has 0 bridgehead atoms. The number of carbonyl (C=O) groups excluding carboxylic acids is 1. The number of sulfonamides is 1. The maximum absolute atomic E-state index is 14.3. The van der Waals surface area contributed by atoms with Crippen LogP contribution in [0.25, 0.3) is 11.1 Å². The van der Waals surface area contributed by atoms with Crippen LogP contribution in [0, 0.1) is 25.7 Å². The number of unbranched alkanes of at least 4 members (excludes halogenated alkanes) is 1. The first kappa shape index (κ1) is 32.4. The van der Waals surface area contributed by atoms with Gasteiger partial charge < -0.3 is 14.0 Å². The van der Waals surface area contributed by atoms with Gasteiger partial charge in [0.15, 0.2) is 5.82 Å². The van der Waals surface area contributed by atoms with E-state index in [1.165, 1.54) is 13.5 Å². The summed E-state index contributed by atoms with van der Waals surface area (Å²) < 4.78 is 46.2. The number of amidine groups is 1. The summed E-state index contributed by atoms with van der Waals surface area (Å²) in [5.74, 6) is 3.04. The molecule has 1 spiro atoms. The van der Waals surface area contributed by atoms with Gasteiger partial charge in [-0.2, -0.15) is 0 Å². The number of ether oxygens (including phenoxy) is 2. The molecule has 3 aromatic rings. The quantitative estimate of drug-likeness (QED) is 0.186. The lowest BCUT2D eigenvalue weighted by Gasteiger charge is -2.25. The molecule has 1 aliphatic heterocycles. The maximum atomic E-state index is 14.3. The lowest BCUT2D eigenvalue weighted by molar-refractivity contribution is -0.131. The summed E-state index contributed by atoms with van der Waals surface area (Å²) in [5, 5.41) is 4.04. The van der Waals surface area contributed by atoms with Crippen LogP contribution in [-0.4, -0.2) is 56.2 Å². The molecule has 3 atom stereocenters. The zero-order valence-electron chi connectivity index (χ0n) is 27.4. The Morgan fingerprint density at radius 3 is 2.52 bits per heavy atom. The molecule has 1 amide bonds. The first-order chi connectivity index (χ1) is 22.1. The predicted octanol–water partition coefficient (Wildman–Crippen LogP) is 6.39. The van der Waals surface area contributed by atoms with Crippen LogP contribution < -0.4 is 4.31 Å². The van der Waals surface area contributed by atoms with Crippen LogP contribution >= 0.6 is 0 Å². The van der Waals surface area contributed by atoms with Gasteiger partial charge in [-0.1, -0.05) is 54.9 Å². The fourth-order valence-corrected chi connectivity index (χ4v) is 8.58. The Hall–Kier alpha value is -3.54. The Balaban J connectivity index is 1.35. The van der Waals surface area contributed by atoms with Crippen LogP contribution in [0.15, 0.2) is 56.9 Å². The number of fused-ring (bicyclic) bond motifs is 1. The smallest absolute Gasteiger partial charge is 0.268 e. The summed E-state index contributed by atoms with van der Waals surface area (Å²) >= 11 is 0. The summed E-state index contributed by atoms with van der Waals surface area (Å²) in [6.45, 7) is 8.56. The maximum Gasteiger partial charge on any atom is 0.268 e. The second-order valence-electron chi connectivity index (χ2n) is 12.8. The summed E-state index contributed by atoms with van der Waals surface area (Å²) in [6.07, 6.45) is 5.78. The highest BCUT2D eigenvalue weighted by molar-refractivity contribution is 7.93. The Morgan fingerprint density at radius 1 is 1.09 bits per heavy atom. The highest BCUT2D eigenvalue weighted by Gasteiger charge is 2.61. The Labute approximate surface area is 271 Å². The molecule has 1 unspecified atom stereocenters. The number of anilines is 1. The first-order valence-electron chi connectivity index (χ1n) is 16.3. The van der Waals surface area contributed by atoms with Crippen molar-refractivity contribution in [3.8, 4) is 11.1 Å². The molecule has 0 saturated heterocycles. The van der Waals surface area contributed by atoms with Crippen molar-refractivity contribution >= 4 is 27.6 Å². The number of aryl methyl sites for hydroxylation is 1. The molecule has 2 heterocycles. The summed E-state index contributed by atoms with van der Waals surface area (Å²) in [4.78, 5) is 21.1. The van der Waals surface area contributed by atoms with Crippen LogP contribution in [0.1, 0.15) is 74.8 Å². The van der Waals surface area contributed by atoms with Crippen molar-refractivity contribution in [1.29, 1.82) is 0 Å². The summed E-state index contributed by atoms with van der Waals surface area (Å²) in [6, 6.07) is 12.9. The third kappa shape index (κ3) is 5.89. The van der Waals surface area contributed by atoms with Crippen LogP contribution in [-0.2, 0) is 37.4 Å². The van der Waals surface area contributed by atoms with Crippen LogP contribution in [0.3, 0.4) is 0 Å². The highest BCUT2D eigenvalue weighted by atomic mass is 32.2. The van der Waals surface area contributed by atoms with Crippen LogP contribution in [0.2, 0.25) is 0 Å². The van der Waals surface area contributed by atoms with E-state index in [4.69, 9.17) is 19.0 Å². The van der Waals surface area contributed by atoms with Gasteiger partial charge in [0.25, 0.3) is 15.9 Å². The number of benzene rings is 2. The molecular weight excluding hydrogens is 604 g/mol. The number of hydrogen-bond acceptors (Lipinski definition) is 8. The topological polar surface area (TPSA) is 115 Å². The van der Waals surface area contributed by atoms with Gasteiger partial charge in [-0.05, 0) is 81.0 Å². The van der Waals surface area contributed by atoms with Gasteiger partial charge in [0.05, 0.1) is 18.0 Å². The third-order valence-electron chi connectivity index (χ3n) is 9.65. The van der Waals surface area contributed by atoms with Crippen molar-refractivity contribution < 1.29 is 27.2 Å². The molecule has 2 saturated carbocycles. The number of rotatable bonds is 14. The lowest BCUT2D eigenvalue weighted by Crippen LogP contribution is -2.41. The monoisotopic (exact) mass is 648 g/mol. The van der Waals surface area contributed by atoms with Gasteiger partial charge in [-0.15, -0.1) is 0 Å². The molecular formula is C35H44N4O6S. The fraction of sp³-hybridized carbons (Fsp3) is 0.514. The van der Waals surface area contributed by atoms with E-state index in [-0.39, 0.29) is 30.0 Å². The molecule has 6 rings (SSSR count). The number of nitrogens with zero attached hydrogens (tertiary/aromatic N) is 4. The standard InChI is InChI=1S/C35H44N4O6S/c1-6-8-13-32-36-35(18-26-17-27(26)19-35)34(40)38(32)20-25-14-15-29(28(16-25)21-44-7-2)30-11-9-10-12-31(30)46(41,42)39(22-43-5)33-23(3)24(4)45-37-33/h9-12,14-16,26-27H,6-8,13,17-22H2,1-5H3/t26-,27+,35?. The minimum Gasteiger partial charge on any atom is -0.377 e. The summed E-state index contributed by atoms with van der Waals surface area (Å²) in [7, 11) is -2.69. The van der Waals surface area contributed by atoms with E-state index in [9.17, 15) is 13.2 Å². The first-order valence-corrected chi connectivity index (χ1v) is 17.7. The molecule has 2 aromatic carbocycles. The Bertz CT molecular complexity index is 1740. The van der Waals surface area contributed by atoms with Gasteiger partial charge in [0, 0.05) is 31.3 Å². The van der Waals surface area contributed by atoms with E-state index >= 15 is 0 Å². The molecule has 3 aliphatic rings. The Kier molecular flexibility index (Phi) is 9.11. The van der Waals surface area contributed by atoms with Gasteiger partial charge in [-0.3, -0.25) is 14.7 Å². The van der Waals surface area contributed by atoms with Crippen molar-refractivity contribution in [3.63, 3.8) is 0 Å². The number of amides is 1. The molecule has 2 aliphatic carbocycles. The van der Waals surface area contributed by atoms with Gasteiger partial charge in [-0.25, -0.2) is 12.7 Å². The number of methoxy groups -OCH3 is 1. The minimum atomic E-state index is -4.13. The molecule has 0 radical (unpaired) electrons. The van der Waals surface area contributed by atoms with E-state index in [0.29, 0.717) is 41.9 Å². The van der Waals surface area contributed by atoms with E-state index in [0.717, 1.165) is 58.9 Å². The van der Waals surface area contributed by atoms with Gasteiger partial charge in [0.2, 0.25) is 0 Å². The second kappa shape index (κ2) is 12.9. The molecule has 1 aromatic heterocycles. The molecule has 11 heteroatoms. The molecule has 0 N–H and O–H groups in total. The molecule has 2 fully saturated rings. The van der Waals surface area contributed by atoms with Crippen LogP contribution in [0.5, 0.6) is 0 Å². The van der Waals surface area contributed by atoms with Gasteiger partial charge in [0.1, 0.15) is 23.9 Å². The van der Waals surface area contributed by atoms with Crippen LogP contribution in [0.4, 0.5) is 5.82 Å². The van der Waals surface area contributed by atoms with Crippen molar-refractivity contribution in [1.82, 2.24) is 10.1 Å². The fourth-order valence-electron chi connectivity index (χ4n) is 6.99. The average Bonchev–Trinajstić information content (AvgIpc) is 3.43. The largest absolute Gasteiger partial charge is 0.377 e. The third-order valence-corrected chi connectivity index (χ3v) is 11.4. The van der Waals surface area contributed by atoms with Crippen molar-refractivity contribution in [2.75, 3.05) is 24.8 Å². The number of aromatic nitrogens is 1. The number of carbonyl (C=O) groups is 1. The Morgan fingerprint density at radius 2 is 1.85 bits per heavy atom. The van der Waals surface area contributed by atoms with E-state index < -0.39 is 15.6 Å². The lowest BCUT2D eigenvalue weighted by atomic mass is 9.93. The summed E-state index contributed by atoms with van der Waals surface area (Å²) in [5.41, 5.74) is 3.10. The minimum absolute atomic E-state index is 0.114. The van der Waals surface area contributed by atoms with Gasteiger partial charge >= 0.3 is 0 Å². The van der Waals surface area contributed by atoms with Crippen molar-refractivity contribution in [2.45, 2.75) is 89.8 Å². The number of hydrogen-bond donors (Lipinski definition) is 0.